The predicted molar refractivity (Wildman–Crippen MR) is 69.2 cm³/mol. The van der Waals surface area contributed by atoms with Gasteiger partial charge in [0.15, 0.2) is 0 Å². The van der Waals surface area contributed by atoms with Crippen molar-refractivity contribution in [3.8, 4) is 5.75 Å². The summed E-state index contributed by atoms with van der Waals surface area (Å²) in [5.74, 6) is 0.887. The summed E-state index contributed by atoms with van der Waals surface area (Å²) in [6.45, 7) is 1.71. The highest BCUT2D eigenvalue weighted by molar-refractivity contribution is 5.84. The minimum absolute atomic E-state index is 0.186. The Balaban J connectivity index is 2.07. The van der Waals surface area contributed by atoms with Crippen LogP contribution in [-0.2, 0) is 5.54 Å². The van der Waals surface area contributed by atoms with Crippen LogP contribution in [0.3, 0.4) is 0 Å². The summed E-state index contributed by atoms with van der Waals surface area (Å²) in [5, 5.41) is 5.61. The molecule has 0 bridgehead atoms. The van der Waals surface area contributed by atoms with Gasteiger partial charge < -0.3 is 15.8 Å². The largest absolute Gasteiger partial charge is 0.497 e. The molecule has 3 heteroatoms. The molecule has 0 aliphatic carbocycles. The number of methoxy groups -OCH3 is 1. The summed E-state index contributed by atoms with van der Waals surface area (Å²) < 4.78 is 5.22. The van der Waals surface area contributed by atoms with E-state index in [4.69, 9.17) is 10.5 Å². The van der Waals surface area contributed by atoms with Crippen LogP contribution in [0.5, 0.6) is 5.75 Å². The summed E-state index contributed by atoms with van der Waals surface area (Å²) in [5.41, 5.74) is 7.30. The van der Waals surface area contributed by atoms with Crippen LogP contribution in [0.1, 0.15) is 5.56 Å². The lowest BCUT2D eigenvalue weighted by molar-refractivity contribution is 0.287. The molecule has 0 amide bonds. The van der Waals surface area contributed by atoms with Gasteiger partial charge in [-0.05, 0) is 34.5 Å². The first-order valence-corrected chi connectivity index (χ1v) is 5.79. The molecule has 0 radical (unpaired) electrons. The number of nitrogens with one attached hydrogen (secondary N) is 1. The number of rotatable bonds is 2. The molecule has 0 spiro atoms. The van der Waals surface area contributed by atoms with Crippen molar-refractivity contribution in [3.63, 3.8) is 0 Å². The monoisotopic (exact) mass is 228 g/mol. The van der Waals surface area contributed by atoms with Gasteiger partial charge in [-0.25, -0.2) is 0 Å². The first-order valence-electron chi connectivity index (χ1n) is 5.79. The standard InChI is InChI=1S/C14H16N2O/c1-17-13-5-3-10-6-12(4-2-11(10)7-13)14(15)8-16-9-14/h2-7,16H,8-9,15H2,1H3. The Kier molecular flexibility index (Phi) is 2.31. The SMILES string of the molecule is COc1ccc2cc(C3(N)CNC3)ccc2c1. The molecule has 0 atom stereocenters. The topological polar surface area (TPSA) is 47.3 Å². The summed E-state index contributed by atoms with van der Waals surface area (Å²) >= 11 is 0. The Hall–Kier alpha value is -1.58. The molecule has 1 fully saturated rings. The van der Waals surface area contributed by atoms with E-state index in [0.717, 1.165) is 18.8 Å². The van der Waals surface area contributed by atoms with Crippen molar-refractivity contribution in [2.75, 3.05) is 20.2 Å². The zero-order valence-electron chi connectivity index (χ0n) is 9.86. The number of benzene rings is 2. The molecule has 1 saturated heterocycles. The molecule has 1 aliphatic heterocycles. The van der Waals surface area contributed by atoms with E-state index in [1.807, 2.05) is 12.1 Å². The van der Waals surface area contributed by atoms with E-state index >= 15 is 0 Å². The second-order valence-electron chi connectivity index (χ2n) is 4.69. The maximum atomic E-state index is 6.28. The lowest BCUT2D eigenvalue weighted by atomic mass is 9.84. The Bertz CT molecular complexity index is 561. The quantitative estimate of drug-likeness (QED) is 0.821. The molecular weight excluding hydrogens is 212 g/mol. The van der Waals surface area contributed by atoms with Crippen LogP contribution in [0.4, 0.5) is 0 Å². The predicted octanol–water partition coefficient (Wildman–Crippen LogP) is 1.61. The number of hydrogen-bond donors (Lipinski definition) is 2. The van der Waals surface area contributed by atoms with Crippen molar-refractivity contribution >= 4 is 10.8 Å². The van der Waals surface area contributed by atoms with E-state index in [1.165, 1.54) is 16.3 Å². The number of fused-ring (bicyclic) bond motifs is 1. The molecule has 88 valence electrons. The third kappa shape index (κ3) is 1.68. The number of nitrogens with two attached hydrogens (primary N) is 1. The third-order valence-electron chi connectivity index (χ3n) is 3.50. The van der Waals surface area contributed by atoms with Crippen LogP contribution in [-0.4, -0.2) is 20.2 Å². The highest BCUT2D eigenvalue weighted by Gasteiger charge is 2.34. The molecule has 2 aromatic carbocycles. The van der Waals surface area contributed by atoms with Crippen LogP contribution >= 0.6 is 0 Å². The molecule has 3 N–H and O–H groups in total. The number of ether oxygens (including phenoxy) is 1. The van der Waals surface area contributed by atoms with Gasteiger partial charge in [0.05, 0.1) is 12.6 Å². The van der Waals surface area contributed by atoms with Gasteiger partial charge in [0, 0.05) is 13.1 Å². The van der Waals surface area contributed by atoms with Gasteiger partial charge in [0.25, 0.3) is 0 Å². The first kappa shape index (κ1) is 10.6. The van der Waals surface area contributed by atoms with Crippen LogP contribution in [0.25, 0.3) is 10.8 Å². The van der Waals surface area contributed by atoms with Gasteiger partial charge in [-0.15, -0.1) is 0 Å². The zero-order valence-corrected chi connectivity index (χ0v) is 9.86. The molecule has 0 aromatic heterocycles. The van der Waals surface area contributed by atoms with Crippen LogP contribution in [0.2, 0.25) is 0 Å². The van der Waals surface area contributed by atoms with E-state index in [9.17, 15) is 0 Å². The average Bonchev–Trinajstić information content (AvgIpc) is 2.34. The Labute approximate surface area is 101 Å². The molecule has 0 saturated carbocycles. The highest BCUT2D eigenvalue weighted by Crippen LogP contribution is 2.27. The molecule has 2 aromatic rings. The summed E-state index contributed by atoms with van der Waals surface area (Å²) in [7, 11) is 1.68. The molecule has 17 heavy (non-hydrogen) atoms. The minimum Gasteiger partial charge on any atom is -0.497 e. The molecule has 3 nitrogen and oxygen atoms in total. The van der Waals surface area contributed by atoms with Crippen molar-refractivity contribution < 1.29 is 4.74 Å². The summed E-state index contributed by atoms with van der Waals surface area (Å²) in [4.78, 5) is 0. The lowest BCUT2D eigenvalue weighted by Crippen LogP contribution is -2.62. The minimum atomic E-state index is -0.186. The van der Waals surface area contributed by atoms with E-state index < -0.39 is 0 Å². The van der Waals surface area contributed by atoms with E-state index in [1.54, 1.807) is 7.11 Å². The van der Waals surface area contributed by atoms with Crippen molar-refractivity contribution in [1.82, 2.24) is 5.32 Å². The molecule has 0 unspecified atom stereocenters. The van der Waals surface area contributed by atoms with Gasteiger partial charge in [0.2, 0.25) is 0 Å². The van der Waals surface area contributed by atoms with Gasteiger partial charge in [-0.2, -0.15) is 0 Å². The van der Waals surface area contributed by atoms with Crippen LogP contribution in [0.15, 0.2) is 36.4 Å². The molecule has 1 aliphatic rings. The first-order chi connectivity index (χ1) is 8.21. The normalized spacial score (nSPS) is 17.8. The van der Waals surface area contributed by atoms with Crippen molar-refractivity contribution in [1.29, 1.82) is 0 Å². The third-order valence-corrected chi connectivity index (χ3v) is 3.50. The fourth-order valence-electron chi connectivity index (χ4n) is 2.26. The van der Waals surface area contributed by atoms with E-state index in [-0.39, 0.29) is 5.54 Å². The molecular formula is C14H16N2O. The van der Waals surface area contributed by atoms with E-state index in [2.05, 4.69) is 29.6 Å². The fourth-order valence-corrected chi connectivity index (χ4v) is 2.26. The summed E-state index contributed by atoms with van der Waals surface area (Å²) in [6.07, 6.45) is 0. The van der Waals surface area contributed by atoms with Crippen LogP contribution < -0.4 is 15.8 Å². The zero-order chi connectivity index (χ0) is 11.9. The second kappa shape index (κ2) is 3.72. The molecule has 3 rings (SSSR count). The molecule has 1 heterocycles. The smallest absolute Gasteiger partial charge is 0.119 e. The van der Waals surface area contributed by atoms with Crippen molar-refractivity contribution in [3.05, 3.63) is 42.0 Å². The Morgan fingerprint density at radius 3 is 2.47 bits per heavy atom. The van der Waals surface area contributed by atoms with Gasteiger partial charge in [0.1, 0.15) is 5.75 Å². The van der Waals surface area contributed by atoms with Crippen molar-refractivity contribution in [2.45, 2.75) is 5.54 Å². The average molecular weight is 228 g/mol. The maximum absolute atomic E-state index is 6.28. The maximum Gasteiger partial charge on any atom is 0.119 e. The summed E-state index contributed by atoms with van der Waals surface area (Å²) in [6, 6.07) is 12.5. The highest BCUT2D eigenvalue weighted by atomic mass is 16.5. The van der Waals surface area contributed by atoms with Gasteiger partial charge in [-0.1, -0.05) is 18.2 Å². The number of hydrogen-bond acceptors (Lipinski definition) is 3. The van der Waals surface area contributed by atoms with Gasteiger partial charge >= 0.3 is 0 Å². The van der Waals surface area contributed by atoms with Crippen LogP contribution in [0, 0.1) is 0 Å². The Morgan fingerprint density at radius 1 is 1.12 bits per heavy atom. The fraction of sp³-hybridized carbons (Fsp3) is 0.286. The van der Waals surface area contributed by atoms with Crippen molar-refractivity contribution in [2.24, 2.45) is 5.73 Å². The second-order valence-corrected chi connectivity index (χ2v) is 4.69. The lowest BCUT2D eigenvalue weighted by Gasteiger charge is -2.39. The van der Waals surface area contributed by atoms with E-state index in [0.29, 0.717) is 0 Å². The Morgan fingerprint density at radius 2 is 1.82 bits per heavy atom. The van der Waals surface area contributed by atoms with Gasteiger partial charge in [-0.3, -0.25) is 0 Å².